The molecule has 1 aliphatic heterocycles. The van der Waals surface area contributed by atoms with Crippen molar-refractivity contribution in [2.75, 3.05) is 32.8 Å². The number of hydrogen-bond donors (Lipinski definition) is 2. The van der Waals surface area contributed by atoms with Crippen LogP contribution < -0.4 is 5.32 Å². The third-order valence-corrected chi connectivity index (χ3v) is 3.21. The van der Waals surface area contributed by atoms with E-state index in [2.05, 4.69) is 24.1 Å². The topological polar surface area (TPSA) is 35.5 Å². The molecular weight excluding hydrogens is 188 g/mol. The van der Waals surface area contributed by atoms with Gasteiger partial charge in [-0.1, -0.05) is 13.8 Å². The molecule has 1 heterocycles. The van der Waals surface area contributed by atoms with Crippen molar-refractivity contribution in [3.05, 3.63) is 0 Å². The SMILES string of the molecule is CCCNC(CO)CCN1CCC(C)C1. The molecule has 0 aliphatic carbocycles. The molecule has 90 valence electrons. The van der Waals surface area contributed by atoms with Gasteiger partial charge in [0.15, 0.2) is 0 Å². The van der Waals surface area contributed by atoms with Crippen LogP contribution in [0.2, 0.25) is 0 Å². The molecule has 2 unspecified atom stereocenters. The third kappa shape index (κ3) is 4.96. The van der Waals surface area contributed by atoms with Crippen LogP contribution in [0.15, 0.2) is 0 Å². The normalized spacial score (nSPS) is 24.6. The van der Waals surface area contributed by atoms with Gasteiger partial charge in [-0.2, -0.15) is 0 Å². The van der Waals surface area contributed by atoms with E-state index in [1.54, 1.807) is 0 Å². The minimum atomic E-state index is 0.267. The van der Waals surface area contributed by atoms with Gasteiger partial charge in [-0.05, 0) is 44.8 Å². The summed E-state index contributed by atoms with van der Waals surface area (Å²) in [5.41, 5.74) is 0. The van der Waals surface area contributed by atoms with Crippen LogP contribution in [0.4, 0.5) is 0 Å². The van der Waals surface area contributed by atoms with Crippen LogP contribution in [0.5, 0.6) is 0 Å². The van der Waals surface area contributed by atoms with Gasteiger partial charge >= 0.3 is 0 Å². The molecule has 3 heteroatoms. The molecule has 0 spiro atoms. The molecule has 2 atom stereocenters. The van der Waals surface area contributed by atoms with Gasteiger partial charge in [-0.25, -0.2) is 0 Å². The Kier molecular flexibility index (Phi) is 6.22. The first-order valence-electron chi connectivity index (χ1n) is 6.32. The molecule has 0 amide bonds. The summed E-state index contributed by atoms with van der Waals surface area (Å²) in [4.78, 5) is 2.51. The number of aliphatic hydroxyl groups is 1. The Labute approximate surface area is 93.9 Å². The Morgan fingerprint density at radius 1 is 1.53 bits per heavy atom. The Morgan fingerprint density at radius 2 is 2.33 bits per heavy atom. The van der Waals surface area contributed by atoms with Gasteiger partial charge < -0.3 is 15.3 Å². The largest absolute Gasteiger partial charge is 0.395 e. The summed E-state index contributed by atoms with van der Waals surface area (Å²) in [5, 5.41) is 12.6. The van der Waals surface area contributed by atoms with E-state index in [4.69, 9.17) is 0 Å². The van der Waals surface area contributed by atoms with Gasteiger partial charge in [-0.15, -0.1) is 0 Å². The van der Waals surface area contributed by atoms with Crippen molar-refractivity contribution >= 4 is 0 Å². The maximum Gasteiger partial charge on any atom is 0.0585 e. The van der Waals surface area contributed by atoms with Crippen molar-refractivity contribution in [2.24, 2.45) is 5.92 Å². The zero-order chi connectivity index (χ0) is 11.1. The summed E-state index contributed by atoms with van der Waals surface area (Å²) >= 11 is 0. The molecule has 0 radical (unpaired) electrons. The first kappa shape index (κ1) is 12.9. The van der Waals surface area contributed by atoms with E-state index in [0.29, 0.717) is 6.04 Å². The number of nitrogens with zero attached hydrogens (tertiary/aromatic N) is 1. The fourth-order valence-corrected chi connectivity index (χ4v) is 2.17. The lowest BCUT2D eigenvalue weighted by Gasteiger charge is -2.20. The van der Waals surface area contributed by atoms with Gasteiger partial charge in [0, 0.05) is 12.6 Å². The molecule has 0 bridgehead atoms. The summed E-state index contributed by atoms with van der Waals surface area (Å²) in [6, 6.07) is 0.292. The maximum absolute atomic E-state index is 9.20. The quantitative estimate of drug-likeness (QED) is 0.665. The van der Waals surface area contributed by atoms with E-state index in [1.807, 2.05) is 0 Å². The van der Waals surface area contributed by atoms with Crippen LogP contribution in [0, 0.1) is 5.92 Å². The van der Waals surface area contributed by atoms with Crippen LogP contribution in [-0.4, -0.2) is 48.8 Å². The highest BCUT2D eigenvalue weighted by molar-refractivity contribution is 4.75. The van der Waals surface area contributed by atoms with Gasteiger partial charge in [-0.3, -0.25) is 0 Å². The lowest BCUT2D eigenvalue weighted by molar-refractivity contribution is 0.216. The van der Waals surface area contributed by atoms with E-state index in [1.165, 1.54) is 19.5 Å². The summed E-state index contributed by atoms with van der Waals surface area (Å²) < 4.78 is 0. The Hall–Kier alpha value is -0.120. The third-order valence-electron chi connectivity index (χ3n) is 3.21. The average molecular weight is 214 g/mol. The number of nitrogens with one attached hydrogen (secondary N) is 1. The summed E-state index contributed by atoms with van der Waals surface area (Å²) in [5.74, 6) is 0.862. The number of likely N-dealkylation sites (tertiary alicyclic amines) is 1. The van der Waals surface area contributed by atoms with Crippen molar-refractivity contribution in [2.45, 2.75) is 39.2 Å². The molecule has 0 saturated carbocycles. The monoisotopic (exact) mass is 214 g/mol. The van der Waals surface area contributed by atoms with Gasteiger partial charge in [0.25, 0.3) is 0 Å². The average Bonchev–Trinajstić information content (AvgIpc) is 2.65. The van der Waals surface area contributed by atoms with Crippen LogP contribution in [0.25, 0.3) is 0 Å². The van der Waals surface area contributed by atoms with E-state index in [0.717, 1.165) is 31.8 Å². The predicted molar refractivity (Wildman–Crippen MR) is 64.0 cm³/mol. The smallest absolute Gasteiger partial charge is 0.0585 e. The van der Waals surface area contributed by atoms with Crippen molar-refractivity contribution in [3.63, 3.8) is 0 Å². The van der Waals surface area contributed by atoms with Crippen molar-refractivity contribution in [1.82, 2.24) is 10.2 Å². The Balaban J connectivity index is 2.10. The Morgan fingerprint density at radius 3 is 2.87 bits per heavy atom. The van der Waals surface area contributed by atoms with E-state index in [9.17, 15) is 5.11 Å². The molecule has 3 nitrogen and oxygen atoms in total. The molecule has 1 aliphatic rings. The maximum atomic E-state index is 9.20. The second-order valence-electron chi connectivity index (χ2n) is 4.82. The molecule has 15 heavy (non-hydrogen) atoms. The lowest BCUT2D eigenvalue weighted by Crippen LogP contribution is -2.36. The Bertz CT molecular complexity index is 164. The van der Waals surface area contributed by atoms with Crippen molar-refractivity contribution in [3.8, 4) is 0 Å². The van der Waals surface area contributed by atoms with E-state index in [-0.39, 0.29) is 6.61 Å². The first-order valence-corrected chi connectivity index (χ1v) is 6.32. The standard InChI is InChI=1S/C12H26N2O/c1-3-6-13-12(10-15)5-8-14-7-4-11(2)9-14/h11-13,15H,3-10H2,1-2H3. The van der Waals surface area contributed by atoms with Crippen LogP contribution in [0.3, 0.4) is 0 Å². The minimum absolute atomic E-state index is 0.267. The molecule has 0 aromatic carbocycles. The van der Waals surface area contributed by atoms with Crippen LogP contribution in [0.1, 0.15) is 33.1 Å². The number of hydrogen-bond acceptors (Lipinski definition) is 3. The number of aliphatic hydroxyl groups excluding tert-OH is 1. The summed E-state index contributed by atoms with van der Waals surface area (Å²) in [6.45, 7) is 9.37. The van der Waals surface area contributed by atoms with E-state index < -0.39 is 0 Å². The zero-order valence-electron chi connectivity index (χ0n) is 10.2. The highest BCUT2D eigenvalue weighted by Crippen LogP contribution is 2.15. The van der Waals surface area contributed by atoms with Gasteiger partial charge in [0.05, 0.1) is 6.61 Å². The molecular formula is C12H26N2O. The second-order valence-corrected chi connectivity index (χ2v) is 4.82. The summed E-state index contributed by atoms with van der Waals surface area (Å²) in [7, 11) is 0. The summed E-state index contributed by atoms with van der Waals surface area (Å²) in [6.07, 6.45) is 3.55. The highest BCUT2D eigenvalue weighted by Gasteiger charge is 2.19. The molecule has 0 aromatic heterocycles. The second kappa shape index (κ2) is 7.20. The van der Waals surface area contributed by atoms with Crippen LogP contribution >= 0.6 is 0 Å². The van der Waals surface area contributed by atoms with Crippen molar-refractivity contribution < 1.29 is 5.11 Å². The highest BCUT2D eigenvalue weighted by atomic mass is 16.3. The fourth-order valence-electron chi connectivity index (χ4n) is 2.17. The molecule has 0 aromatic rings. The van der Waals surface area contributed by atoms with E-state index >= 15 is 0 Å². The van der Waals surface area contributed by atoms with Gasteiger partial charge in [0.1, 0.15) is 0 Å². The first-order chi connectivity index (χ1) is 7.26. The predicted octanol–water partition coefficient (Wildman–Crippen LogP) is 1.08. The molecule has 1 saturated heterocycles. The number of rotatable bonds is 7. The van der Waals surface area contributed by atoms with Gasteiger partial charge in [0.2, 0.25) is 0 Å². The molecule has 1 rings (SSSR count). The molecule has 1 fully saturated rings. The lowest BCUT2D eigenvalue weighted by atomic mass is 10.2. The van der Waals surface area contributed by atoms with Crippen molar-refractivity contribution in [1.29, 1.82) is 0 Å². The fraction of sp³-hybridized carbons (Fsp3) is 1.00. The minimum Gasteiger partial charge on any atom is -0.395 e. The zero-order valence-corrected chi connectivity index (χ0v) is 10.2. The van der Waals surface area contributed by atoms with Crippen LogP contribution in [-0.2, 0) is 0 Å². The molecule has 2 N–H and O–H groups in total.